The Morgan fingerprint density at radius 3 is 2.50 bits per heavy atom. The van der Waals surface area contributed by atoms with Gasteiger partial charge in [-0.05, 0) is 25.5 Å². The number of hydrogen-bond donors (Lipinski definition) is 1. The van der Waals surface area contributed by atoms with Crippen molar-refractivity contribution in [3.8, 4) is 0 Å². The Morgan fingerprint density at radius 1 is 1.33 bits per heavy atom. The number of anilines is 1. The summed E-state index contributed by atoms with van der Waals surface area (Å²) in [5.41, 5.74) is 6.56. The highest BCUT2D eigenvalue weighted by atomic mass is 35.5. The van der Waals surface area contributed by atoms with Crippen LogP contribution < -0.4 is 10.6 Å². The average molecular weight is 269 g/mol. The summed E-state index contributed by atoms with van der Waals surface area (Å²) in [4.78, 5) is 9.16. The number of hydrogen-bond acceptors (Lipinski definition) is 4. The van der Waals surface area contributed by atoms with Gasteiger partial charge in [0.1, 0.15) is 5.82 Å². The summed E-state index contributed by atoms with van der Waals surface area (Å²) in [6.07, 6.45) is 1.82. The number of pyridine rings is 1. The zero-order chi connectivity index (χ0) is 13.1. The molecule has 0 unspecified atom stereocenters. The highest BCUT2D eigenvalue weighted by molar-refractivity contribution is 6.33. The molecule has 0 radical (unpaired) electrons. The lowest BCUT2D eigenvalue weighted by Crippen LogP contribution is -2.49. The standard InChI is InChI=1S/C13H21ClN4/c1-10(2)17-3-5-18(6-4-17)13-12(14)7-11(8-15)9-16-13/h7,9-10H,3-6,8,15H2,1-2H3. The second-order valence-corrected chi connectivity index (χ2v) is 5.38. The van der Waals surface area contributed by atoms with Crippen LogP contribution in [0.1, 0.15) is 19.4 Å². The molecule has 0 spiro atoms. The lowest BCUT2D eigenvalue weighted by molar-refractivity contribution is 0.209. The molecule has 4 nitrogen and oxygen atoms in total. The minimum atomic E-state index is 0.480. The molecule has 1 aromatic heterocycles. The van der Waals surface area contributed by atoms with E-state index in [-0.39, 0.29) is 0 Å². The van der Waals surface area contributed by atoms with Crippen LogP contribution in [0.3, 0.4) is 0 Å². The first-order chi connectivity index (χ1) is 8.61. The van der Waals surface area contributed by atoms with Gasteiger partial charge in [-0.15, -0.1) is 0 Å². The molecule has 1 fully saturated rings. The fourth-order valence-corrected chi connectivity index (χ4v) is 2.57. The van der Waals surface area contributed by atoms with Crippen molar-refractivity contribution in [2.45, 2.75) is 26.4 Å². The van der Waals surface area contributed by atoms with Crippen molar-refractivity contribution >= 4 is 17.4 Å². The Kier molecular flexibility index (Phi) is 4.43. The molecule has 2 heterocycles. The summed E-state index contributed by atoms with van der Waals surface area (Å²) in [6, 6.07) is 2.52. The Balaban J connectivity index is 2.05. The molecule has 1 aliphatic rings. The Bertz CT molecular complexity index is 400. The van der Waals surface area contributed by atoms with Crippen LogP contribution in [0.25, 0.3) is 0 Å². The van der Waals surface area contributed by atoms with Crippen LogP contribution >= 0.6 is 11.6 Å². The highest BCUT2D eigenvalue weighted by Crippen LogP contribution is 2.25. The number of halogens is 1. The third kappa shape index (κ3) is 2.94. The van der Waals surface area contributed by atoms with Crippen molar-refractivity contribution in [1.29, 1.82) is 0 Å². The number of aromatic nitrogens is 1. The van der Waals surface area contributed by atoms with Gasteiger partial charge in [0, 0.05) is 45.0 Å². The maximum absolute atomic E-state index is 6.27. The SMILES string of the molecule is CC(C)N1CCN(c2ncc(CN)cc2Cl)CC1. The van der Waals surface area contributed by atoms with Gasteiger partial charge in [-0.2, -0.15) is 0 Å². The Hall–Kier alpha value is -0.840. The van der Waals surface area contributed by atoms with Crippen LogP contribution in [0, 0.1) is 0 Å². The van der Waals surface area contributed by atoms with Crippen LogP contribution in [-0.4, -0.2) is 42.1 Å². The second kappa shape index (κ2) is 5.87. The molecule has 100 valence electrons. The van der Waals surface area contributed by atoms with Crippen LogP contribution in [0.2, 0.25) is 5.02 Å². The van der Waals surface area contributed by atoms with E-state index < -0.39 is 0 Å². The molecular formula is C13H21ClN4. The van der Waals surface area contributed by atoms with Crippen LogP contribution in [-0.2, 0) is 6.54 Å². The van der Waals surface area contributed by atoms with Crippen molar-refractivity contribution < 1.29 is 0 Å². The first-order valence-corrected chi connectivity index (χ1v) is 6.83. The predicted molar refractivity (Wildman–Crippen MR) is 76.1 cm³/mol. The van der Waals surface area contributed by atoms with Crippen LogP contribution in [0.4, 0.5) is 5.82 Å². The van der Waals surface area contributed by atoms with Crippen LogP contribution in [0.5, 0.6) is 0 Å². The summed E-state index contributed by atoms with van der Waals surface area (Å²) >= 11 is 6.27. The van der Waals surface area contributed by atoms with E-state index in [1.165, 1.54) is 0 Å². The molecule has 1 aliphatic heterocycles. The topological polar surface area (TPSA) is 45.4 Å². The lowest BCUT2D eigenvalue weighted by atomic mass is 10.2. The summed E-state index contributed by atoms with van der Waals surface area (Å²) in [7, 11) is 0. The minimum Gasteiger partial charge on any atom is -0.353 e. The van der Waals surface area contributed by atoms with E-state index >= 15 is 0 Å². The molecule has 1 saturated heterocycles. The molecule has 18 heavy (non-hydrogen) atoms. The van der Waals surface area contributed by atoms with Gasteiger partial charge in [0.15, 0.2) is 0 Å². The predicted octanol–water partition coefficient (Wildman–Crippen LogP) is 1.72. The van der Waals surface area contributed by atoms with Gasteiger partial charge >= 0.3 is 0 Å². The fourth-order valence-electron chi connectivity index (χ4n) is 2.26. The van der Waals surface area contributed by atoms with E-state index in [1.54, 1.807) is 0 Å². The molecule has 2 N–H and O–H groups in total. The second-order valence-electron chi connectivity index (χ2n) is 4.97. The van der Waals surface area contributed by atoms with Gasteiger partial charge in [-0.3, -0.25) is 4.90 Å². The molecule has 0 aromatic carbocycles. The lowest BCUT2D eigenvalue weighted by Gasteiger charge is -2.37. The van der Waals surface area contributed by atoms with E-state index in [4.69, 9.17) is 17.3 Å². The third-order valence-corrected chi connectivity index (χ3v) is 3.74. The van der Waals surface area contributed by atoms with Gasteiger partial charge in [0.05, 0.1) is 5.02 Å². The summed E-state index contributed by atoms with van der Waals surface area (Å²) in [5.74, 6) is 0.886. The normalized spacial score (nSPS) is 17.5. The number of nitrogens with zero attached hydrogens (tertiary/aromatic N) is 3. The van der Waals surface area contributed by atoms with Crippen molar-refractivity contribution in [3.05, 3.63) is 22.8 Å². The van der Waals surface area contributed by atoms with E-state index in [2.05, 4.69) is 28.6 Å². The molecule has 0 bridgehead atoms. The maximum Gasteiger partial charge on any atom is 0.147 e. The van der Waals surface area contributed by atoms with Gasteiger partial charge in [0.25, 0.3) is 0 Å². The number of rotatable bonds is 3. The van der Waals surface area contributed by atoms with Crippen LogP contribution in [0.15, 0.2) is 12.3 Å². The average Bonchev–Trinajstić information content (AvgIpc) is 2.38. The minimum absolute atomic E-state index is 0.480. The molecule has 0 amide bonds. The summed E-state index contributed by atoms with van der Waals surface area (Å²) in [5, 5.41) is 0.705. The molecule has 1 aromatic rings. The van der Waals surface area contributed by atoms with Crippen molar-refractivity contribution in [3.63, 3.8) is 0 Å². The zero-order valence-electron chi connectivity index (χ0n) is 11.1. The van der Waals surface area contributed by atoms with Crippen molar-refractivity contribution in [2.75, 3.05) is 31.1 Å². The van der Waals surface area contributed by atoms with E-state index in [0.717, 1.165) is 37.6 Å². The maximum atomic E-state index is 6.27. The van der Waals surface area contributed by atoms with Gasteiger partial charge in [0.2, 0.25) is 0 Å². The highest BCUT2D eigenvalue weighted by Gasteiger charge is 2.21. The molecule has 0 atom stereocenters. The quantitative estimate of drug-likeness (QED) is 0.907. The zero-order valence-corrected chi connectivity index (χ0v) is 11.8. The van der Waals surface area contributed by atoms with E-state index in [0.29, 0.717) is 17.6 Å². The summed E-state index contributed by atoms with van der Waals surface area (Å²) in [6.45, 7) is 9.03. The monoisotopic (exact) mass is 268 g/mol. The first-order valence-electron chi connectivity index (χ1n) is 6.45. The van der Waals surface area contributed by atoms with Gasteiger partial charge in [-0.1, -0.05) is 11.6 Å². The Labute approximate surface area is 114 Å². The molecular weight excluding hydrogens is 248 g/mol. The number of nitrogens with two attached hydrogens (primary N) is 1. The van der Waals surface area contributed by atoms with E-state index in [1.807, 2.05) is 12.3 Å². The van der Waals surface area contributed by atoms with Crippen molar-refractivity contribution in [2.24, 2.45) is 5.73 Å². The largest absolute Gasteiger partial charge is 0.353 e. The molecule has 5 heteroatoms. The van der Waals surface area contributed by atoms with Gasteiger partial charge < -0.3 is 10.6 Å². The fraction of sp³-hybridized carbons (Fsp3) is 0.615. The Morgan fingerprint density at radius 2 is 2.00 bits per heavy atom. The smallest absolute Gasteiger partial charge is 0.147 e. The van der Waals surface area contributed by atoms with Crippen molar-refractivity contribution in [1.82, 2.24) is 9.88 Å². The molecule has 0 aliphatic carbocycles. The number of piperazine rings is 1. The first kappa shape index (κ1) is 13.6. The summed E-state index contributed by atoms with van der Waals surface area (Å²) < 4.78 is 0. The molecule has 2 rings (SSSR count). The molecule has 0 saturated carbocycles. The third-order valence-electron chi connectivity index (χ3n) is 3.46. The van der Waals surface area contributed by atoms with Gasteiger partial charge in [-0.25, -0.2) is 4.98 Å². The van der Waals surface area contributed by atoms with E-state index in [9.17, 15) is 0 Å².